The summed E-state index contributed by atoms with van der Waals surface area (Å²) < 4.78 is 0. The van der Waals surface area contributed by atoms with E-state index in [9.17, 15) is 0 Å². The molecule has 0 saturated carbocycles. The largest absolute Gasteiger partial charge is 0.319 e. The first-order valence-corrected chi connectivity index (χ1v) is 8.15. The van der Waals surface area contributed by atoms with Gasteiger partial charge >= 0.3 is 0 Å². The van der Waals surface area contributed by atoms with E-state index in [0.717, 1.165) is 11.2 Å². The fraction of sp³-hybridized carbons (Fsp3) is 1.00. The lowest BCUT2D eigenvalue weighted by molar-refractivity contribution is 0.328. The normalized spacial score (nSPS) is 33.4. The summed E-state index contributed by atoms with van der Waals surface area (Å²) >= 11 is 4.32. The molecule has 2 aliphatic heterocycles. The Balaban J connectivity index is 1.67. The van der Waals surface area contributed by atoms with Gasteiger partial charge in [-0.2, -0.15) is 23.5 Å². The molecule has 1 N–H and O–H groups in total. The molecule has 0 radical (unpaired) electrons. The first kappa shape index (κ1) is 12.1. The van der Waals surface area contributed by atoms with Crippen molar-refractivity contribution in [2.75, 3.05) is 50.5 Å². The molecule has 4 heteroatoms. The van der Waals surface area contributed by atoms with Crippen molar-refractivity contribution in [2.24, 2.45) is 5.92 Å². The van der Waals surface area contributed by atoms with Crippen LogP contribution in [0, 0.1) is 5.92 Å². The van der Waals surface area contributed by atoms with E-state index in [0.29, 0.717) is 0 Å². The van der Waals surface area contributed by atoms with Crippen molar-refractivity contribution in [1.29, 1.82) is 0 Å². The summed E-state index contributed by atoms with van der Waals surface area (Å²) in [6, 6.07) is 0. The predicted octanol–water partition coefficient (Wildman–Crippen LogP) is 1.38. The average molecular weight is 246 g/mol. The molecule has 0 aromatic rings. The number of nitrogens with one attached hydrogen (secondary N) is 1. The molecule has 2 heterocycles. The summed E-state index contributed by atoms with van der Waals surface area (Å²) in [7, 11) is 2.07. The van der Waals surface area contributed by atoms with Gasteiger partial charge in [-0.05, 0) is 32.5 Å². The summed E-state index contributed by atoms with van der Waals surface area (Å²) in [5.41, 5.74) is 0. The van der Waals surface area contributed by atoms with E-state index in [-0.39, 0.29) is 0 Å². The van der Waals surface area contributed by atoms with Gasteiger partial charge in [-0.3, -0.25) is 0 Å². The minimum absolute atomic E-state index is 0.899. The van der Waals surface area contributed by atoms with E-state index in [1.807, 2.05) is 0 Å². The highest BCUT2D eigenvalue weighted by molar-refractivity contribution is 8.06. The lowest BCUT2D eigenvalue weighted by Crippen LogP contribution is -2.33. The second-order valence-electron chi connectivity index (χ2n) is 4.54. The van der Waals surface area contributed by atoms with E-state index in [1.54, 1.807) is 0 Å². The third kappa shape index (κ3) is 3.84. The lowest BCUT2D eigenvalue weighted by Gasteiger charge is -2.26. The van der Waals surface area contributed by atoms with E-state index in [2.05, 4.69) is 40.8 Å². The Morgan fingerprint density at radius 1 is 1.40 bits per heavy atom. The molecule has 0 aliphatic carbocycles. The van der Waals surface area contributed by atoms with Crippen LogP contribution in [0.15, 0.2) is 0 Å². The lowest BCUT2D eigenvalue weighted by atomic mass is 10.1. The highest BCUT2D eigenvalue weighted by Crippen LogP contribution is 2.26. The first-order chi connectivity index (χ1) is 7.38. The molecule has 0 spiro atoms. The fourth-order valence-electron chi connectivity index (χ4n) is 2.46. The van der Waals surface area contributed by atoms with Gasteiger partial charge < -0.3 is 10.2 Å². The summed E-state index contributed by atoms with van der Waals surface area (Å²) in [6.45, 7) is 5.18. The van der Waals surface area contributed by atoms with E-state index in [4.69, 9.17) is 0 Å². The first-order valence-electron chi connectivity index (χ1n) is 5.95. The molecule has 2 unspecified atom stereocenters. The van der Waals surface area contributed by atoms with Gasteiger partial charge in [-0.1, -0.05) is 0 Å². The van der Waals surface area contributed by atoms with Gasteiger partial charge in [0.15, 0.2) is 0 Å². The van der Waals surface area contributed by atoms with E-state index in [1.165, 1.54) is 49.9 Å². The van der Waals surface area contributed by atoms with Crippen molar-refractivity contribution in [2.45, 2.75) is 11.7 Å². The minimum Gasteiger partial charge on any atom is -0.319 e. The molecule has 2 nitrogen and oxygen atoms in total. The predicted molar refractivity (Wildman–Crippen MR) is 72.0 cm³/mol. The Kier molecular flexibility index (Phi) is 5.14. The number of hydrogen-bond donors (Lipinski definition) is 1. The van der Waals surface area contributed by atoms with Crippen molar-refractivity contribution >= 4 is 23.5 Å². The van der Waals surface area contributed by atoms with Gasteiger partial charge in [-0.25, -0.2) is 0 Å². The Morgan fingerprint density at radius 3 is 3.07 bits per heavy atom. The zero-order chi connectivity index (χ0) is 10.5. The molecule has 0 bridgehead atoms. The molecule has 0 aromatic carbocycles. The Bertz CT molecular complexity index is 183. The monoisotopic (exact) mass is 246 g/mol. The minimum atomic E-state index is 0.899. The molecule has 2 fully saturated rings. The van der Waals surface area contributed by atoms with Gasteiger partial charge in [0.1, 0.15) is 0 Å². The van der Waals surface area contributed by atoms with Crippen LogP contribution in [0.3, 0.4) is 0 Å². The van der Waals surface area contributed by atoms with Crippen LogP contribution >= 0.6 is 23.5 Å². The standard InChI is InChI=1S/C11H22N2S2/c1-12-6-10-2-3-13(7-10)8-11-9-14-4-5-15-11/h10-12H,2-9H2,1H3. The van der Waals surface area contributed by atoms with Crippen LogP contribution in [0.2, 0.25) is 0 Å². The molecule has 2 saturated heterocycles. The molecular formula is C11H22N2S2. The number of nitrogens with zero attached hydrogens (tertiary/aromatic N) is 1. The molecule has 88 valence electrons. The van der Waals surface area contributed by atoms with Crippen molar-refractivity contribution in [3.05, 3.63) is 0 Å². The molecule has 2 rings (SSSR count). The number of hydrogen-bond acceptors (Lipinski definition) is 4. The summed E-state index contributed by atoms with van der Waals surface area (Å²) in [5, 5.41) is 4.20. The second kappa shape index (κ2) is 6.38. The highest BCUT2D eigenvalue weighted by Gasteiger charge is 2.25. The van der Waals surface area contributed by atoms with Crippen LogP contribution in [0.5, 0.6) is 0 Å². The summed E-state index contributed by atoms with van der Waals surface area (Å²) in [5.74, 6) is 5.00. The maximum Gasteiger partial charge on any atom is 0.0265 e. The topological polar surface area (TPSA) is 15.3 Å². The highest BCUT2D eigenvalue weighted by atomic mass is 32.2. The van der Waals surface area contributed by atoms with Crippen molar-refractivity contribution in [3.8, 4) is 0 Å². The van der Waals surface area contributed by atoms with E-state index < -0.39 is 0 Å². The maximum atomic E-state index is 3.30. The van der Waals surface area contributed by atoms with Gasteiger partial charge in [0.25, 0.3) is 0 Å². The molecule has 0 aromatic heterocycles. The van der Waals surface area contributed by atoms with Crippen molar-refractivity contribution in [1.82, 2.24) is 10.2 Å². The molecule has 2 aliphatic rings. The van der Waals surface area contributed by atoms with Gasteiger partial charge in [0.05, 0.1) is 0 Å². The van der Waals surface area contributed by atoms with Crippen molar-refractivity contribution in [3.63, 3.8) is 0 Å². The van der Waals surface area contributed by atoms with Gasteiger partial charge in [0.2, 0.25) is 0 Å². The van der Waals surface area contributed by atoms with Crippen LogP contribution in [-0.4, -0.2) is 60.6 Å². The Morgan fingerprint density at radius 2 is 2.33 bits per heavy atom. The zero-order valence-electron chi connectivity index (χ0n) is 9.58. The second-order valence-corrected chi connectivity index (χ2v) is 7.10. The number of thioether (sulfide) groups is 2. The molecule has 15 heavy (non-hydrogen) atoms. The Labute approximate surface area is 102 Å². The summed E-state index contributed by atoms with van der Waals surface area (Å²) in [4.78, 5) is 2.67. The smallest absolute Gasteiger partial charge is 0.0265 e. The van der Waals surface area contributed by atoms with Crippen molar-refractivity contribution < 1.29 is 0 Å². The van der Waals surface area contributed by atoms with Crippen LogP contribution in [0.25, 0.3) is 0 Å². The average Bonchev–Trinajstić information content (AvgIpc) is 2.68. The molecular weight excluding hydrogens is 224 g/mol. The maximum absolute atomic E-state index is 3.30. The number of likely N-dealkylation sites (tertiary alicyclic amines) is 1. The van der Waals surface area contributed by atoms with Crippen LogP contribution in [0.1, 0.15) is 6.42 Å². The summed E-state index contributed by atoms with van der Waals surface area (Å²) in [6.07, 6.45) is 1.39. The molecule has 2 atom stereocenters. The van der Waals surface area contributed by atoms with Crippen LogP contribution in [-0.2, 0) is 0 Å². The number of rotatable bonds is 4. The van der Waals surface area contributed by atoms with Gasteiger partial charge in [-0.15, -0.1) is 0 Å². The quantitative estimate of drug-likeness (QED) is 0.806. The van der Waals surface area contributed by atoms with E-state index >= 15 is 0 Å². The van der Waals surface area contributed by atoms with Crippen LogP contribution in [0.4, 0.5) is 0 Å². The zero-order valence-corrected chi connectivity index (χ0v) is 11.2. The van der Waals surface area contributed by atoms with Crippen LogP contribution < -0.4 is 5.32 Å². The fourth-order valence-corrected chi connectivity index (χ4v) is 5.18. The molecule has 0 amide bonds. The van der Waals surface area contributed by atoms with Gasteiger partial charge in [0, 0.05) is 35.6 Å². The Hall–Kier alpha value is 0.620. The third-order valence-corrected chi connectivity index (χ3v) is 6.04. The third-order valence-electron chi connectivity index (χ3n) is 3.21. The SMILES string of the molecule is CNCC1CCN(CC2CSCCS2)C1.